The van der Waals surface area contributed by atoms with E-state index in [0.29, 0.717) is 12.6 Å². The van der Waals surface area contributed by atoms with Crippen LogP contribution in [0.15, 0.2) is 18.2 Å². The third kappa shape index (κ3) is 3.19. The molecule has 0 saturated heterocycles. The molecule has 4 heteroatoms. The van der Waals surface area contributed by atoms with Gasteiger partial charge in [0.25, 0.3) is 0 Å². The summed E-state index contributed by atoms with van der Waals surface area (Å²) in [6.45, 7) is 2.51. The summed E-state index contributed by atoms with van der Waals surface area (Å²) in [5.41, 5.74) is 8.67. The van der Waals surface area contributed by atoms with Gasteiger partial charge in [-0.2, -0.15) is 11.8 Å². The van der Waals surface area contributed by atoms with Crippen molar-refractivity contribution >= 4 is 17.4 Å². The Morgan fingerprint density at radius 1 is 1.56 bits per heavy atom. The molecule has 0 fully saturated rings. The van der Waals surface area contributed by atoms with Crippen LogP contribution in [0, 0.1) is 0 Å². The quantitative estimate of drug-likeness (QED) is 0.713. The van der Waals surface area contributed by atoms with E-state index in [1.165, 1.54) is 11.1 Å². The molecule has 2 rings (SSSR count). The number of hydrogen-bond donors (Lipinski definition) is 3. The van der Waals surface area contributed by atoms with Gasteiger partial charge in [-0.25, -0.2) is 0 Å². The lowest BCUT2D eigenvalue weighted by Crippen LogP contribution is -2.41. The fourth-order valence-electron chi connectivity index (χ4n) is 2.55. The molecule has 0 bridgehead atoms. The normalized spacial score (nSPS) is 21.6. The molecule has 0 spiro atoms. The Kier molecular flexibility index (Phi) is 4.20. The second kappa shape index (κ2) is 5.51. The highest BCUT2D eigenvalue weighted by Gasteiger charge is 2.26. The van der Waals surface area contributed by atoms with Gasteiger partial charge in [-0.15, -0.1) is 0 Å². The number of anilines is 1. The summed E-state index contributed by atoms with van der Waals surface area (Å²) in [6, 6.07) is 6.49. The maximum Gasteiger partial charge on any atom is 0.0833 e. The van der Waals surface area contributed by atoms with Crippen LogP contribution in [-0.4, -0.2) is 29.3 Å². The molecule has 0 amide bonds. The lowest BCUT2D eigenvalue weighted by Gasteiger charge is -2.25. The van der Waals surface area contributed by atoms with E-state index in [-0.39, 0.29) is 0 Å². The van der Waals surface area contributed by atoms with Crippen molar-refractivity contribution in [3.8, 4) is 0 Å². The first-order valence-electron chi connectivity index (χ1n) is 6.35. The average Bonchev–Trinajstić information content (AvgIpc) is 2.68. The van der Waals surface area contributed by atoms with E-state index >= 15 is 0 Å². The van der Waals surface area contributed by atoms with Crippen LogP contribution >= 0.6 is 11.8 Å². The Morgan fingerprint density at radius 2 is 2.33 bits per heavy atom. The summed E-state index contributed by atoms with van der Waals surface area (Å²) in [5, 5.41) is 13.6. The van der Waals surface area contributed by atoms with E-state index in [2.05, 4.69) is 17.4 Å². The summed E-state index contributed by atoms with van der Waals surface area (Å²) in [7, 11) is 0. The van der Waals surface area contributed by atoms with E-state index in [4.69, 9.17) is 5.73 Å². The van der Waals surface area contributed by atoms with Gasteiger partial charge in [-0.3, -0.25) is 0 Å². The number of hydrogen-bond acceptors (Lipinski definition) is 4. The predicted molar refractivity (Wildman–Crippen MR) is 78.9 cm³/mol. The predicted octanol–water partition coefficient (Wildman–Crippen LogP) is 1.96. The van der Waals surface area contributed by atoms with E-state index in [9.17, 15) is 5.11 Å². The van der Waals surface area contributed by atoms with Crippen molar-refractivity contribution in [3.63, 3.8) is 0 Å². The number of aryl methyl sites for hydroxylation is 1. The van der Waals surface area contributed by atoms with Crippen molar-refractivity contribution in [2.45, 2.75) is 31.4 Å². The number of nitrogens with one attached hydrogen (secondary N) is 1. The van der Waals surface area contributed by atoms with Gasteiger partial charge in [-0.05, 0) is 49.3 Å². The third-order valence-electron chi connectivity index (χ3n) is 3.43. The zero-order valence-corrected chi connectivity index (χ0v) is 11.9. The molecule has 4 N–H and O–H groups in total. The van der Waals surface area contributed by atoms with Gasteiger partial charge in [0.2, 0.25) is 0 Å². The highest BCUT2D eigenvalue weighted by molar-refractivity contribution is 7.98. The largest absolute Gasteiger partial charge is 0.399 e. The molecule has 1 aliphatic carbocycles. The van der Waals surface area contributed by atoms with Gasteiger partial charge in [0.15, 0.2) is 0 Å². The molecule has 0 radical (unpaired) electrons. The fraction of sp³-hybridized carbons (Fsp3) is 0.571. The minimum absolute atomic E-state index is 0.355. The first kappa shape index (κ1) is 13.7. The number of benzene rings is 1. The molecule has 1 aromatic rings. The summed E-state index contributed by atoms with van der Waals surface area (Å²) < 4.78 is 0. The van der Waals surface area contributed by atoms with Crippen LogP contribution in [0.2, 0.25) is 0 Å². The summed E-state index contributed by atoms with van der Waals surface area (Å²) in [5.74, 6) is 0.751. The van der Waals surface area contributed by atoms with Gasteiger partial charge >= 0.3 is 0 Å². The van der Waals surface area contributed by atoms with Gasteiger partial charge in [0.05, 0.1) is 5.60 Å². The van der Waals surface area contributed by atoms with E-state index in [0.717, 1.165) is 24.3 Å². The number of thioether (sulfide) groups is 1. The SMILES string of the molecule is CSCC(C)(O)CNC1CCc2cc(N)ccc21. The van der Waals surface area contributed by atoms with Crippen LogP contribution in [0.4, 0.5) is 5.69 Å². The van der Waals surface area contributed by atoms with Crippen molar-refractivity contribution < 1.29 is 5.11 Å². The van der Waals surface area contributed by atoms with Gasteiger partial charge < -0.3 is 16.2 Å². The molecule has 0 aromatic heterocycles. The Hall–Kier alpha value is -0.710. The third-order valence-corrected chi connectivity index (χ3v) is 4.34. The Morgan fingerprint density at radius 3 is 3.06 bits per heavy atom. The minimum Gasteiger partial charge on any atom is -0.399 e. The van der Waals surface area contributed by atoms with Crippen LogP contribution < -0.4 is 11.1 Å². The van der Waals surface area contributed by atoms with E-state index < -0.39 is 5.60 Å². The first-order valence-corrected chi connectivity index (χ1v) is 7.74. The zero-order chi connectivity index (χ0) is 13.2. The number of nitrogen functional groups attached to an aromatic ring is 1. The van der Waals surface area contributed by atoms with E-state index in [1.54, 1.807) is 11.8 Å². The summed E-state index contributed by atoms with van der Waals surface area (Å²) in [4.78, 5) is 0. The number of rotatable bonds is 5. The highest BCUT2D eigenvalue weighted by Crippen LogP contribution is 2.32. The first-order chi connectivity index (χ1) is 8.52. The fourth-order valence-corrected chi connectivity index (χ4v) is 3.28. The Balaban J connectivity index is 1.98. The minimum atomic E-state index is -0.643. The highest BCUT2D eigenvalue weighted by atomic mass is 32.2. The molecule has 0 heterocycles. The number of nitrogens with two attached hydrogens (primary N) is 1. The van der Waals surface area contributed by atoms with Gasteiger partial charge in [0, 0.05) is 24.0 Å². The number of fused-ring (bicyclic) bond motifs is 1. The topological polar surface area (TPSA) is 58.3 Å². The molecule has 0 aliphatic heterocycles. The molecule has 100 valence electrons. The maximum atomic E-state index is 10.2. The molecule has 1 aromatic carbocycles. The van der Waals surface area contributed by atoms with Gasteiger partial charge in [-0.1, -0.05) is 6.07 Å². The zero-order valence-electron chi connectivity index (χ0n) is 11.1. The van der Waals surface area contributed by atoms with Crippen molar-refractivity contribution in [2.75, 3.05) is 24.3 Å². The van der Waals surface area contributed by atoms with Crippen LogP contribution in [0.3, 0.4) is 0 Å². The standard InChI is InChI=1S/C14H22N2OS/c1-14(17,9-18-2)8-16-13-6-3-10-7-11(15)4-5-12(10)13/h4-5,7,13,16-17H,3,6,8-9,15H2,1-2H3. The van der Waals surface area contributed by atoms with E-state index in [1.807, 2.05) is 19.2 Å². The average molecular weight is 266 g/mol. The van der Waals surface area contributed by atoms with Crippen LogP contribution in [-0.2, 0) is 6.42 Å². The molecule has 0 saturated carbocycles. The Labute approximate surface area is 113 Å². The van der Waals surface area contributed by atoms with Crippen molar-refractivity contribution in [1.82, 2.24) is 5.32 Å². The molecule has 2 atom stereocenters. The van der Waals surface area contributed by atoms with Crippen molar-refractivity contribution in [3.05, 3.63) is 29.3 Å². The maximum absolute atomic E-state index is 10.2. The van der Waals surface area contributed by atoms with Crippen LogP contribution in [0.25, 0.3) is 0 Å². The lowest BCUT2D eigenvalue weighted by molar-refractivity contribution is 0.0814. The molecule has 3 nitrogen and oxygen atoms in total. The molecule has 18 heavy (non-hydrogen) atoms. The van der Waals surface area contributed by atoms with Crippen molar-refractivity contribution in [2.24, 2.45) is 0 Å². The molecular formula is C14H22N2OS. The lowest BCUT2D eigenvalue weighted by atomic mass is 10.1. The molecular weight excluding hydrogens is 244 g/mol. The molecule has 1 aliphatic rings. The van der Waals surface area contributed by atoms with Gasteiger partial charge in [0.1, 0.15) is 0 Å². The summed E-state index contributed by atoms with van der Waals surface area (Å²) >= 11 is 1.67. The Bertz CT molecular complexity index is 420. The molecule has 2 unspecified atom stereocenters. The van der Waals surface area contributed by atoms with Crippen molar-refractivity contribution in [1.29, 1.82) is 0 Å². The van der Waals surface area contributed by atoms with Crippen LogP contribution in [0.5, 0.6) is 0 Å². The number of aliphatic hydroxyl groups is 1. The monoisotopic (exact) mass is 266 g/mol. The summed E-state index contributed by atoms with van der Waals surface area (Å²) in [6.07, 6.45) is 4.18. The second-order valence-corrected chi connectivity index (χ2v) is 6.23. The second-order valence-electron chi connectivity index (χ2n) is 5.36. The smallest absolute Gasteiger partial charge is 0.0833 e. The van der Waals surface area contributed by atoms with Crippen LogP contribution in [0.1, 0.15) is 30.5 Å².